The molecule has 0 aliphatic heterocycles. The number of esters is 6. The predicted octanol–water partition coefficient (Wildman–Crippen LogP) is 3.35. The predicted molar refractivity (Wildman–Crippen MR) is 201 cm³/mol. The summed E-state index contributed by atoms with van der Waals surface area (Å²) in [6, 6.07) is -0.400. The molecule has 1 fully saturated rings. The molecule has 2 unspecified atom stereocenters. The van der Waals surface area contributed by atoms with Crippen LogP contribution in [-0.4, -0.2) is 112 Å². The molecule has 1 rings (SSSR count). The minimum absolute atomic E-state index is 0.0257. The summed E-state index contributed by atoms with van der Waals surface area (Å²) in [4.78, 5) is 97.9. The summed E-state index contributed by atoms with van der Waals surface area (Å²) in [6.07, 6.45) is 3.90. The highest BCUT2D eigenvalue weighted by molar-refractivity contribution is 5.83. The molecular formula is C39H54N2O16. The van der Waals surface area contributed by atoms with E-state index in [0.29, 0.717) is 19.3 Å². The first kappa shape index (κ1) is 49.1. The lowest BCUT2D eigenvalue weighted by Gasteiger charge is -2.50. The van der Waals surface area contributed by atoms with Gasteiger partial charge in [0.05, 0.1) is 0 Å². The molecule has 57 heavy (non-hydrogen) atoms. The van der Waals surface area contributed by atoms with Crippen LogP contribution in [0, 0.1) is 16.2 Å². The highest BCUT2D eigenvalue weighted by Crippen LogP contribution is 2.49. The zero-order chi connectivity index (χ0) is 43.3. The van der Waals surface area contributed by atoms with Gasteiger partial charge in [0.15, 0.2) is 0 Å². The number of nitrogens with one attached hydrogen (secondary N) is 2. The first-order valence-corrected chi connectivity index (χ1v) is 17.8. The molecule has 0 aromatic carbocycles. The number of hydrogen-bond acceptors (Lipinski definition) is 16. The molecule has 1 aliphatic rings. The summed E-state index contributed by atoms with van der Waals surface area (Å²) in [6.45, 7) is 20.2. The fourth-order valence-corrected chi connectivity index (χ4v) is 5.32. The van der Waals surface area contributed by atoms with Gasteiger partial charge in [0, 0.05) is 49.4 Å². The van der Waals surface area contributed by atoms with E-state index >= 15 is 0 Å². The number of amides is 2. The Hall–Kier alpha value is -5.94. The second kappa shape index (κ2) is 23.2. The third-order valence-corrected chi connectivity index (χ3v) is 9.33. The first-order chi connectivity index (χ1) is 26.8. The molecule has 2 atom stereocenters. The monoisotopic (exact) mass is 806 g/mol. The van der Waals surface area contributed by atoms with E-state index < -0.39 is 122 Å². The molecule has 0 bridgehead atoms. The zero-order valence-corrected chi connectivity index (χ0v) is 33.0. The summed E-state index contributed by atoms with van der Waals surface area (Å²) in [5.41, 5.74) is -4.58. The van der Waals surface area contributed by atoms with Crippen LogP contribution >= 0.6 is 0 Å². The second-order valence-corrected chi connectivity index (χ2v) is 14.1. The van der Waals surface area contributed by atoms with E-state index in [9.17, 15) is 38.4 Å². The Balaban J connectivity index is 3.09. The Kier molecular flexibility index (Phi) is 20.0. The number of carbonyl (C=O) groups excluding carboxylic acids is 8. The molecule has 2 N–H and O–H groups in total. The maximum Gasteiger partial charge on any atom is 0.408 e. The van der Waals surface area contributed by atoms with Crippen molar-refractivity contribution in [2.24, 2.45) is 16.2 Å². The Morgan fingerprint density at radius 3 is 1.42 bits per heavy atom. The molecule has 0 heterocycles. The zero-order valence-electron chi connectivity index (χ0n) is 33.0. The minimum Gasteiger partial charge on any atom is -0.465 e. The van der Waals surface area contributed by atoms with E-state index in [0.717, 1.165) is 30.4 Å². The van der Waals surface area contributed by atoms with Gasteiger partial charge in [-0.3, -0.25) is 4.79 Å². The summed E-state index contributed by atoms with van der Waals surface area (Å²) < 4.78 is 42.0. The van der Waals surface area contributed by atoms with Crippen molar-refractivity contribution in [2.45, 2.75) is 65.0 Å². The first-order valence-electron chi connectivity index (χ1n) is 17.8. The van der Waals surface area contributed by atoms with Crippen molar-refractivity contribution in [1.29, 1.82) is 0 Å². The van der Waals surface area contributed by atoms with Crippen LogP contribution in [0.15, 0.2) is 63.3 Å². The molecule has 0 spiro atoms. The summed E-state index contributed by atoms with van der Waals surface area (Å²) in [5, 5.41) is 5.52. The molecule has 0 radical (unpaired) electrons. The number of alkyl carbamates (subject to hydrolysis) is 2. The quantitative estimate of drug-likeness (QED) is 0.0808. The summed E-state index contributed by atoms with van der Waals surface area (Å²) >= 11 is 0. The molecular weight excluding hydrogens is 752 g/mol. The Bertz CT molecular complexity index is 1450. The average molecular weight is 807 g/mol. The lowest BCUT2D eigenvalue weighted by molar-refractivity contribution is -0.170. The van der Waals surface area contributed by atoms with Crippen molar-refractivity contribution < 1.29 is 76.3 Å². The Labute approximate surface area is 331 Å². The Morgan fingerprint density at radius 2 is 1.02 bits per heavy atom. The van der Waals surface area contributed by atoms with Gasteiger partial charge in [-0.05, 0) is 30.1 Å². The molecule has 316 valence electrons. The third-order valence-electron chi connectivity index (χ3n) is 9.33. The standard InChI is InChI=1S/C39H54N2O16/c1-10-28(42)50-20-38(21-51-29(43)11-2,22-52-30(44)12-3)23-56-35(49)41-27-16-17-37(9,36(7,8)18-27)19-40-34(48)57-39(24-53-31(45)13-4,25-54-32(46)14-5)26-55-33(47)15-6/h10-11,13-15,27H,1-2,4-6,12,16-26H2,3,7-9H3,(H,40,48)(H,41,49). The molecule has 2 amide bonds. The van der Waals surface area contributed by atoms with Gasteiger partial charge in [0.1, 0.15) is 51.7 Å². The smallest absolute Gasteiger partial charge is 0.408 e. The van der Waals surface area contributed by atoms with Crippen LogP contribution < -0.4 is 10.6 Å². The van der Waals surface area contributed by atoms with Crippen molar-refractivity contribution >= 4 is 48.0 Å². The van der Waals surface area contributed by atoms with E-state index in [4.69, 9.17) is 37.9 Å². The summed E-state index contributed by atoms with van der Waals surface area (Å²) in [5.74, 6) is -4.90. The minimum atomic E-state index is -1.98. The van der Waals surface area contributed by atoms with Gasteiger partial charge >= 0.3 is 48.0 Å². The largest absolute Gasteiger partial charge is 0.465 e. The fraction of sp³-hybridized carbons (Fsp3) is 0.538. The van der Waals surface area contributed by atoms with Crippen LogP contribution in [0.4, 0.5) is 9.59 Å². The van der Waals surface area contributed by atoms with Crippen LogP contribution in [0.3, 0.4) is 0 Å². The normalized spacial score (nSPS) is 17.1. The lowest BCUT2D eigenvalue weighted by Crippen LogP contribution is -2.55. The van der Waals surface area contributed by atoms with Crippen molar-refractivity contribution in [3.8, 4) is 0 Å². The maximum absolute atomic E-state index is 13.3. The molecule has 0 aromatic heterocycles. The van der Waals surface area contributed by atoms with Crippen molar-refractivity contribution in [3.05, 3.63) is 63.3 Å². The van der Waals surface area contributed by atoms with Gasteiger partial charge in [-0.25, -0.2) is 33.6 Å². The van der Waals surface area contributed by atoms with Gasteiger partial charge in [-0.15, -0.1) is 0 Å². The maximum atomic E-state index is 13.3. The molecule has 0 saturated heterocycles. The van der Waals surface area contributed by atoms with Crippen molar-refractivity contribution in [1.82, 2.24) is 10.6 Å². The lowest BCUT2D eigenvalue weighted by atomic mass is 9.57. The van der Waals surface area contributed by atoms with Crippen LogP contribution in [0.2, 0.25) is 0 Å². The van der Waals surface area contributed by atoms with Gasteiger partial charge in [-0.1, -0.05) is 60.6 Å². The Morgan fingerprint density at radius 1 is 0.614 bits per heavy atom. The highest BCUT2D eigenvalue weighted by atomic mass is 16.6. The summed E-state index contributed by atoms with van der Waals surface area (Å²) in [7, 11) is 0. The van der Waals surface area contributed by atoms with Crippen LogP contribution in [-0.2, 0) is 66.7 Å². The van der Waals surface area contributed by atoms with E-state index in [-0.39, 0.29) is 13.0 Å². The van der Waals surface area contributed by atoms with E-state index in [1.807, 2.05) is 20.8 Å². The molecule has 0 aromatic rings. The molecule has 1 saturated carbocycles. The van der Waals surface area contributed by atoms with Crippen molar-refractivity contribution in [2.75, 3.05) is 52.8 Å². The van der Waals surface area contributed by atoms with E-state index in [2.05, 4.69) is 43.5 Å². The second-order valence-electron chi connectivity index (χ2n) is 14.1. The van der Waals surface area contributed by atoms with Gasteiger partial charge in [0.2, 0.25) is 5.60 Å². The highest BCUT2D eigenvalue weighted by Gasteiger charge is 2.47. The molecule has 1 aliphatic carbocycles. The van der Waals surface area contributed by atoms with Gasteiger partial charge in [-0.2, -0.15) is 0 Å². The number of carbonyl (C=O) groups is 8. The number of ether oxygens (including phenoxy) is 8. The molecule has 18 nitrogen and oxygen atoms in total. The van der Waals surface area contributed by atoms with E-state index in [1.165, 1.54) is 0 Å². The van der Waals surface area contributed by atoms with Crippen LogP contribution in [0.5, 0.6) is 0 Å². The molecule has 18 heteroatoms. The van der Waals surface area contributed by atoms with Crippen LogP contribution in [0.25, 0.3) is 0 Å². The van der Waals surface area contributed by atoms with E-state index in [1.54, 1.807) is 6.92 Å². The van der Waals surface area contributed by atoms with Gasteiger partial charge < -0.3 is 48.5 Å². The van der Waals surface area contributed by atoms with Gasteiger partial charge in [0.25, 0.3) is 0 Å². The average Bonchev–Trinajstić information content (AvgIpc) is 3.20. The van der Waals surface area contributed by atoms with Crippen LogP contribution in [0.1, 0.15) is 53.4 Å². The third kappa shape index (κ3) is 16.8. The number of hydrogen-bond donors (Lipinski definition) is 2. The number of rotatable bonds is 24. The topological polar surface area (TPSA) is 234 Å². The fourth-order valence-electron chi connectivity index (χ4n) is 5.32. The SMILES string of the molecule is C=CC(=O)OCC(COC(=O)C=C)(COC(=O)CC)COC(=O)NC1CCC(C)(CNC(=O)OC(COC(=O)C=C)(COC(=O)C=C)COC(=O)C=C)C(C)(C)C1. The van der Waals surface area contributed by atoms with Crippen molar-refractivity contribution in [3.63, 3.8) is 0 Å².